The van der Waals surface area contributed by atoms with Crippen molar-refractivity contribution in [2.75, 3.05) is 78.5 Å². The zero-order valence-corrected chi connectivity index (χ0v) is 26.3. The Morgan fingerprint density at radius 2 is 1.04 bits per heavy atom. The maximum absolute atomic E-state index is 12.6. The molecule has 256 valence electrons. The first kappa shape index (κ1) is 38.5. The van der Waals surface area contributed by atoms with Gasteiger partial charge in [0.05, 0.1) is 26.2 Å². The van der Waals surface area contributed by atoms with E-state index in [-0.39, 0.29) is 102 Å². The molecule has 0 aliphatic heterocycles. The van der Waals surface area contributed by atoms with Gasteiger partial charge in [-0.25, -0.2) is 0 Å². The van der Waals surface area contributed by atoms with Gasteiger partial charge in [-0.2, -0.15) is 0 Å². The number of nitrogens with zero attached hydrogens (tertiary/aromatic N) is 2. The van der Waals surface area contributed by atoms with Crippen LogP contribution in [-0.2, 0) is 24.0 Å². The van der Waals surface area contributed by atoms with Crippen molar-refractivity contribution in [3.05, 3.63) is 60.2 Å². The molecule has 2 aromatic rings. The average molecular weight is 657 g/mol. The average Bonchev–Trinajstić information content (AvgIpc) is 3.04. The molecule has 2 amide bonds. The van der Waals surface area contributed by atoms with Gasteiger partial charge >= 0.3 is 17.9 Å². The van der Waals surface area contributed by atoms with Crippen LogP contribution in [0.25, 0.3) is 11.1 Å². The topological polar surface area (TPSA) is 218 Å². The number of ketones is 1. The first-order chi connectivity index (χ1) is 22.5. The molecule has 0 bridgehead atoms. The number of Topliss-reactive ketones (excluding diaryl/α,β-unsaturated/α-hetero) is 1. The van der Waals surface area contributed by atoms with Gasteiger partial charge in [-0.1, -0.05) is 54.6 Å². The monoisotopic (exact) mass is 656 g/mol. The van der Waals surface area contributed by atoms with Crippen LogP contribution in [0.15, 0.2) is 54.6 Å². The lowest BCUT2D eigenvalue weighted by Gasteiger charge is -2.26. The lowest BCUT2D eigenvalue weighted by atomic mass is 10.0. The molecular formula is C32H44N6O9. The Balaban J connectivity index is 1.75. The standard InChI is InChI=1S/C32H44N6O9/c39-27(26-8-6-25(7-9-26)24-4-2-1-3-5-24)10-11-28(40)35-12-13-36-29(41)22-37(16-14-33-20-30(42)43)18-19-38(23-32(46)47)17-15-34-21-31(44)45/h1-9,33-34H,10-23H2,(H,35,40)(H,36,41)(H,42,43)(H,44,45)(H,46,47). The Bertz CT molecular complexity index is 1310. The van der Waals surface area contributed by atoms with Crippen molar-refractivity contribution in [2.24, 2.45) is 0 Å². The molecule has 0 saturated carbocycles. The number of carboxylic acid groups (broad SMARTS) is 3. The summed E-state index contributed by atoms with van der Waals surface area (Å²) in [5, 5.41) is 37.7. The molecule has 0 atom stereocenters. The Kier molecular flexibility index (Phi) is 18.0. The van der Waals surface area contributed by atoms with Crippen LogP contribution in [0.4, 0.5) is 0 Å². The van der Waals surface area contributed by atoms with E-state index in [1.807, 2.05) is 42.5 Å². The Morgan fingerprint density at radius 3 is 1.57 bits per heavy atom. The van der Waals surface area contributed by atoms with Crippen molar-refractivity contribution in [1.82, 2.24) is 31.1 Å². The van der Waals surface area contributed by atoms with Crippen molar-refractivity contribution in [1.29, 1.82) is 0 Å². The fraction of sp³-hybridized carbons (Fsp3) is 0.438. The summed E-state index contributed by atoms with van der Waals surface area (Å²) in [6.45, 7) is 1.08. The van der Waals surface area contributed by atoms with Crippen LogP contribution in [0, 0.1) is 0 Å². The van der Waals surface area contributed by atoms with Crippen LogP contribution >= 0.6 is 0 Å². The number of benzene rings is 2. The van der Waals surface area contributed by atoms with Crippen LogP contribution < -0.4 is 21.3 Å². The minimum absolute atomic E-state index is 0.00298. The fourth-order valence-corrected chi connectivity index (χ4v) is 4.48. The summed E-state index contributed by atoms with van der Waals surface area (Å²) in [5.74, 6) is -3.93. The molecule has 0 aromatic heterocycles. The number of carbonyl (C=O) groups excluding carboxylic acids is 3. The lowest BCUT2D eigenvalue weighted by Crippen LogP contribution is -2.46. The summed E-state index contributed by atoms with van der Waals surface area (Å²) in [6, 6.07) is 17.0. The third kappa shape index (κ3) is 17.5. The van der Waals surface area contributed by atoms with Gasteiger partial charge in [0, 0.05) is 70.8 Å². The highest BCUT2D eigenvalue weighted by Gasteiger charge is 2.16. The summed E-state index contributed by atoms with van der Waals surface area (Å²) in [5.41, 5.74) is 2.55. The molecular weight excluding hydrogens is 612 g/mol. The second-order valence-corrected chi connectivity index (χ2v) is 10.7. The highest BCUT2D eigenvalue weighted by Crippen LogP contribution is 2.19. The SMILES string of the molecule is O=C(O)CNCCN(CCN(CCNCC(=O)O)CC(=O)NCCNC(=O)CCC(=O)c1ccc(-c2ccccc2)cc1)CC(=O)O. The van der Waals surface area contributed by atoms with Gasteiger partial charge in [-0.3, -0.25) is 38.6 Å². The minimum Gasteiger partial charge on any atom is -0.480 e. The van der Waals surface area contributed by atoms with Crippen molar-refractivity contribution in [2.45, 2.75) is 12.8 Å². The molecule has 2 rings (SSSR count). The fourth-order valence-electron chi connectivity index (χ4n) is 4.48. The van der Waals surface area contributed by atoms with Crippen molar-refractivity contribution >= 4 is 35.5 Å². The Labute approximate surface area is 273 Å². The number of hydrogen-bond donors (Lipinski definition) is 7. The molecule has 15 nitrogen and oxygen atoms in total. The van der Waals surface area contributed by atoms with E-state index in [0.29, 0.717) is 12.1 Å². The predicted molar refractivity (Wildman–Crippen MR) is 173 cm³/mol. The summed E-state index contributed by atoms with van der Waals surface area (Å²) in [7, 11) is 0. The lowest BCUT2D eigenvalue weighted by molar-refractivity contribution is -0.139. The second kappa shape index (κ2) is 21.9. The molecule has 47 heavy (non-hydrogen) atoms. The van der Waals surface area contributed by atoms with Crippen molar-refractivity contribution in [3.8, 4) is 11.1 Å². The number of amides is 2. The molecule has 0 saturated heterocycles. The third-order valence-electron chi connectivity index (χ3n) is 6.88. The van der Waals surface area contributed by atoms with E-state index in [4.69, 9.17) is 10.2 Å². The molecule has 15 heteroatoms. The maximum atomic E-state index is 12.6. The van der Waals surface area contributed by atoms with Gasteiger partial charge in [0.25, 0.3) is 0 Å². The summed E-state index contributed by atoms with van der Waals surface area (Å²) < 4.78 is 0. The zero-order valence-electron chi connectivity index (χ0n) is 26.3. The largest absolute Gasteiger partial charge is 0.480 e. The van der Waals surface area contributed by atoms with E-state index in [2.05, 4.69) is 21.3 Å². The van der Waals surface area contributed by atoms with Gasteiger partial charge in [0.1, 0.15) is 0 Å². The van der Waals surface area contributed by atoms with Gasteiger partial charge in [0.2, 0.25) is 11.8 Å². The van der Waals surface area contributed by atoms with E-state index in [1.54, 1.807) is 21.9 Å². The smallest absolute Gasteiger partial charge is 0.317 e. The predicted octanol–water partition coefficient (Wildman–Crippen LogP) is -0.414. The van der Waals surface area contributed by atoms with Crippen LogP contribution in [-0.4, -0.2) is 139 Å². The van der Waals surface area contributed by atoms with E-state index in [1.165, 1.54) is 0 Å². The van der Waals surface area contributed by atoms with Gasteiger partial charge in [-0.15, -0.1) is 0 Å². The van der Waals surface area contributed by atoms with Crippen LogP contribution in [0.3, 0.4) is 0 Å². The maximum Gasteiger partial charge on any atom is 0.317 e. The number of carbonyl (C=O) groups is 6. The second-order valence-electron chi connectivity index (χ2n) is 10.7. The highest BCUT2D eigenvalue weighted by molar-refractivity contribution is 5.98. The first-order valence-electron chi connectivity index (χ1n) is 15.3. The number of rotatable bonds is 25. The van der Waals surface area contributed by atoms with Crippen LogP contribution in [0.2, 0.25) is 0 Å². The van der Waals surface area contributed by atoms with E-state index in [0.717, 1.165) is 11.1 Å². The van der Waals surface area contributed by atoms with Crippen LogP contribution in [0.5, 0.6) is 0 Å². The summed E-state index contributed by atoms with van der Waals surface area (Å²) in [6.07, 6.45) is 0.0469. The number of nitrogens with one attached hydrogen (secondary N) is 4. The molecule has 7 N–H and O–H groups in total. The number of carboxylic acids is 3. The van der Waals surface area contributed by atoms with E-state index in [9.17, 15) is 33.9 Å². The Hall–Kier alpha value is -4.70. The zero-order chi connectivity index (χ0) is 34.4. The van der Waals surface area contributed by atoms with Gasteiger partial charge < -0.3 is 36.6 Å². The molecule has 2 aromatic carbocycles. The summed E-state index contributed by atoms with van der Waals surface area (Å²) in [4.78, 5) is 73.6. The normalized spacial score (nSPS) is 10.9. The molecule has 0 heterocycles. The molecule has 0 fully saturated rings. The third-order valence-corrected chi connectivity index (χ3v) is 6.88. The highest BCUT2D eigenvalue weighted by atomic mass is 16.4. The van der Waals surface area contributed by atoms with E-state index >= 15 is 0 Å². The number of aliphatic carboxylic acids is 3. The van der Waals surface area contributed by atoms with E-state index < -0.39 is 17.9 Å². The van der Waals surface area contributed by atoms with Gasteiger partial charge in [0.15, 0.2) is 5.78 Å². The Morgan fingerprint density at radius 1 is 0.532 bits per heavy atom. The molecule has 0 spiro atoms. The van der Waals surface area contributed by atoms with Gasteiger partial charge in [-0.05, 0) is 11.1 Å². The quantitative estimate of drug-likeness (QED) is 0.0535. The molecule has 0 aliphatic carbocycles. The summed E-state index contributed by atoms with van der Waals surface area (Å²) >= 11 is 0. The minimum atomic E-state index is -1.06. The first-order valence-corrected chi connectivity index (χ1v) is 15.3. The van der Waals surface area contributed by atoms with Crippen LogP contribution in [0.1, 0.15) is 23.2 Å². The molecule has 0 aliphatic rings. The molecule has 0 unspecified atom stereocenters. The molecule has 0 radical (unpaired) electrons. The number of hydrogen-bond acceptors (Lipinski definition) is 10. The van der Waals surface area contributed by atoms with Crippen molar-refractivity contribution in [3.63, 3.8) is 0 Å². The van der Waals surface area contributed by atoms with Crippen molar-refractivity contribution < 1.29 is 44.1 Å².